The second-order valence-electron chi connectivity index (χ2n) is 9.95. The molecule has 0 amide bonds. The van der Waals surface area contributed by atoms with Gasteiger partial charge in [-0.3, -0.25) is 0 Å². The molecule has 3 aromatic rings. The molecule has 0 spiro atoms. The second kappa shape index (κ2) is 13.9. The molecule has 1 unspecified atom stereocenters. The molecule has 2 N–H and O–H groups in total. The number of likely N-dealkylation sites (tertiary alicyclic amines) is 1. The van der Waals surface area contributed by atoms with Gasteiger partial charge in [0, 0.05) is 49.2 Å². The van der Waals surface area contributed by atoms with Crippen LogP contribution in [-0.2, 0) is 4.74 Å². The zero-order valence-electron chi connectivity index (χ0n) is 23.3. The van der Waals surface area contributed by atoms with Crippen LogP contribution in [-0.4, -0.2) is 80.1 Å². The van der Waals surface area contributed by atoms with Crippen LogP contribution < -0.4 is 24.3 Å². The quantitative estimate of drug-likeness (QED) is 0.251. The Morgan fingerprint density at radius 2 is 1.95 bits per heavy atom. The molecule has 2 aromatic carbocycles. The van der Waals surface area contributed by atoms with Gasteiger partial charge in [-0.25, -0.2) is 9.97 Å². The Hall–Kier alpha value is -3.49. The summed E-state index contributed by atoms with van der Waals surface area (Å²) in [7, 11) is 3.24. The lowest BCUT2D eigenvalue weighted by Crippen LogP contribution is -2.35. The van der Waals surface area contributed by atoms with Gasteiger partial charge in [0.1, 0.15) is 12.1 Å². The van der Waals surface area contributed by atoms with E-state index in [9.17, 15) is 5.11 Å². The van der Waals surface area contributed by atoms with E-state index >= 15 is 0 Å². The van der Waals surface area contributed by atoms with Crippen LogP contribution >= 0.6 is 11.6 Å². The molecule has 41 heavy (non-hydrogen) atoms. The molecule has 1 fully saturated rings. The molecular formula is C30H35ClN4O6. The van der Waals surface area contributed by atoms with Crippen LogP contribution in [0.15, 0.2) is 30.6 Å². The fraction of sp³-hybridized carbons (Fsp3) is 0.467. The highest BCUT2D eigenvalue weighted by Gasteiger charge is 2.28. The van der Waals surface area contributed by atoms with Crippen molar-refractivity contribution in [3.8, 4) is 34.8 Å². The van der Waals surface area contributed by atoms with Gasteiger partial charge in [-0.05, 0) is 50.4 Å². The summed E-state index contributed by atoms with van der Waals surface area (Å²) >= 11 is 6.29. The summed E-state index contributed by atoms with van der Waals surface area (Å²) in [4.78, 5) is 11.3. The fourth-order valence-electron chi connectivity index (χ4n) is 4.91. The van der Waals surface area contributed by atoms with E-state index in [2.05, 4.69) is 32.0 Å². The number of hydrogen-bond donors (Lipinski definition) is 2. The van der Waals surface area contributed by atoms with Gasteiger partial charge in [-0.1, -0.05) is 23.4 Å². The van der Waals surface area contributed by atoms with Crippen LogP contribution in [0.4, 0.5) is 5.82 Å². The van der Waals surface area contributed by atoms with E-state index in [0.29, 0.717) is 70.5 Å². The molecule has 1 aromatic heterocycles. The van der Waals surface area contributed by atoms with Crippen molar-refractivity contribution < 1.29 is 28.8 Å². The van der Waals surface area contributed by atoms with Crippen molar-refractivity contribution in [1.29, 1.82) is 0 Å². The third kappa shape index (κ3) is 7.24. The van der Waals surface area contributed by atoms with E-state index in [1.54, 1.807) is 26.4 Å². The Labute approximate surface area is 244 Å². The maximum Gasteiger partial charge on any atom is 0.326 e. The van der Waals surface area contributed by atoms with Crippen molar-refractivity contribution in [2.24, 2.45) is 5.92 Å². The summed E-state index contributed by atoms with van der Waals surface area (Å²) in [6, 6.07) is 7.14. The molecule has 1 atom stereocenters. The number of nitrogens with one attached hydrogen (secondary N) is 1. The summed E-state index contributed by atoms with van der Waals surface area (Å²) in [5.74, 6) is 9.31. The van der Waals surface area contributed by atoms with Crippen molar-refractivity contribution in [1.82, 2.24) is 14.9 Å². The van der Waals surface area contributed by atoms with Crippen LogP contribution in [0.1, 0.15) is 31.2 Å². The summed E-state index contributed by atoms with van der Waals surface area (Å²) < 4.78 is 28.8. The van der Waals surface area contributed by atoms with Gasteiger partial charge in [0.05, 0.1) is 31.4 Å². The number of aliphatic hydroxyl groups is 1. The number of hydrogen-bond acceptors (Lipinski definition) is 10. The van der Waals surface area contributed by atoms with Gasteiger partial charge < -0.3 is 39.0 Å². The van der Waals surface area contributed by atoms with Gasteiger partial charge in [0.25, 0.3) is 0 Å². The Balaban J connectivity index is 1.24. The SMILES string of the molecule is COCCC#Cc1cc(Cl)cc2c1OC(Nc1ncnc3cc(OCCCN4CCC(CO)CC4)c(OC)cc13)O2. The number of aliphatic hydroxyl groups excluding tert-OH is 1. The second-order valence-corrected chi connectivity index (χ2v) is 10.4. The molecule has 0 aliphatic carbocycles. The number of aromatic nitrogens is 2. The maximum absolute atomic E-state index is 9.34. The number of halogens is 1. The topological polar surface area (TPSA) is 107 Å². The first-order valence-corrected chi connectivity index (χ1v) is 14.2. The third-order valence-corrected chi connectivity index (χ3v) is 7.37. The van der Waals surface area contributed by atoms with E-state index < -0.39 is 6.41 Å². The lowest BCUT2D eigenvalue weighted by molar-refractivity contribution is 0.0761. The number of anilines is 1. The van der Waals surface area contributed by atoms with Crippen molar-refractivity contribution in [2.45, 2.75) is 32.1 Å². The molecule has 10 nitrogen and oxygen atoms in total. The molecule has 5 rings (SSSR count). The summed E-state index contributed by atoms with van der Waals surface area (Å²) in [6.45, 7) is 4.38. The molecule has 0 radical (unpaired) electrons. The van der Waals surface area contributed by atoms with Gasteiger partial charge in [-0.2, -0.15) is 0 Å². The van der Waals surface area contributed by atoms with Gasteiger partial charge in [0.15, 0.2) is 23.0 Å². The average molecular weight is 583 g/mol. The third-order valence-electron chi connectivity index (χ3n) is 7.15. The minimum absolute atomic E-state index is 0.286. The summed E-state index contributed by atoms with van der Waals surface area (Å²) in [6.07, 6.45) is 4.21. The molecular weight excluding hydrogens is 548 g/mol. The first kappa shape index (κ1) is 29.0. The number of ether oxygens (including phenoxy) is 5. The first-order valence-electron chi connectivity index (χ1n) is 13.8. The smallest absolute Gasteiger partial charge is 0.326 e. The monoisotopic (exact) mass is 582 g/mol. The first-order chi connectivity index (χ1) is 20.1. The lowest BCUT2D eigenvalue weighted by Gasteiger charge is -2.30. The van der Waals surface area contributed by atoms with Crippen molar-refractivity contribution in [3.63, 3.8) is 0 Å². The summed E-state index contributed by atoms with van der Waals surface area (Å²) in [5, 5.41) is 13.8. The molecule has 1 saturated heterocycles. The molecule has 2 aliphatic rings. The fourth-order valence-corrected chi connectivity index (χ4v) is 5.12. The van der Waals surface area contributed by atoms with E-state index in [-0.39, 0.29) is 6.61 Å². The minimum Gasteiger partial charge on any atom is -0.493 e. The molecule has 218 valence electrons. The van der Waals surface area contributed by atoms with E-state index in [4.69, 9.17) is 35.3 Å². The summed E-state index contributed by atoms with van der Waals surface area (Å²) in [5.41, 5.74) is 1.33. The van der Waals surface area contributed by atoms with Crippen LogP contribution in [0.5, 0.6) is 23.0 Å². The average Bonchev–Trinajstić information content (AvgIpc) is 3.39. The normalized spacial score (nSPS) is 16.8. The maximum atomic E-state index is 9.34. The lowest BCUT2D eigenvalue weighted by atomic mass is 9.98. The van der Waals surface area contributed by atoms with Crippen LogP contribution in [0.25, 0.3) is 10.9 Å². The van der Waals surface area contributed by atoms with Crippen LogP contribution in [0.3, 0.4) is 0 Å². The highest BCUT2D eigenvalue weighted by atomic mass is 35.5. The molecule has 0 saturated carbocycles. The van der Waals surface area contributed by atoms with E-state index in [1.165, 1.54) is 6.33 Å². The zero-order valence-corrected chi connectivity index (χ0v) is 24.1. The minimum atomic E-state index is -0.842. The van der Waals surface area contributed by atoms with E-state index in [0.717, 1.165) is 44.3 Å². The number of fused-ring (bicyclic) bond motifs is 2. The van der Waals surface area contributed by atoms with E-state index in [1.807, 2.05) is 12.1 Å². The van der Waals surface area contributed by atoms with Gasteiger partial charge in [0.2, 0.25) is 0 Å². The molecule has 11 heteroatoms. The Bertz CT molecular complexity index is 1400. The zero-order chi connectivity index (χ0) is 28.6. The molecule has 0 bridgehead atoms. The predicted molar refractivity (Wildman–Crippen MR) is 156 cm³/mol. The van der Waals surface area contributed by atoms with Gasteiger partial charge >= 0.3 is 6.41 Å². The Morgan fingerprint density at radius 1 is 1.10 bits per heavy atom. The highest BCUT2D eigenvalue weighted by Crippen LogP contribution is 2.41. The molecule has 2 aliphatic heterocycles. The Morgan fingerprint density at radius 3 is 2.73 bits per heavy atom. The highest BCUT2D eigenvalue weighted by molar-refractivity contribution is 6.31. The Kier molecular flexibility index (Phi) is 9.85. The number of methoxy groups -OCH3 is 2. The number of rotatable bonds is 11. The van der Waals surface area contributed by atoms with Crippen molar-refractivity contribution in [3.05, 3.63) is 41.2 Å². The van der Waals surface area contributed by atoms with Crippen molar-refractivity contribution >= 4 is 28.3 Å². The van der Waals surface area contributed by atoms with Gasteiger partial charge in [-0.15, -0.1) is 0 Å². The molecule has 3 heterocycles. The standard InChI is InChI=1S/C30H35ClN4O6/c1-37-12-4-3-6-21-14-22(31)15-27-28(21)41-30(40-27)34-29-23-16-25(38-2)26(17-24(23)32-19-33-29)39-13-5-9-35-10-7-20(18-36)8-11-35/h14-17,19-20,30,36H,4-5,7-13,18H2,1-2H3,(H,32,33,34). The number of nitrogens with zero attached hydrogens (tertiary/aromatic N) is 3. The van der Waals surface area contributed by atoms with Crippen LogP contribution in [0.2, 0.25) is 5.02 Å². The van der Waals surface area contributed by atoms with Crippen LogP contribution in [0, 0.1) is 17.8 Å². The largest absolute Gasteiger partial charge is 0.493 e. The van der Waals surface area contributed by atoms with Crippen molar-refractivity contribution in [2.75, 3.05) is 59.0 Å². The number of benzene rings is 2. The number of piperidine rings is 1. The predicted octanol–water partition coefficient (Wildman–Crippen LogP) is 4.32.